The Balaban J connectivity index is 1.40. The molecule has 0 radical (unpaired) electrons. The Morgan fingerprint density at radius 2 is 1.97 bits per heavy atom. The van der Waals surface area contributed by atoms with Gasteiger partial charge in [0.25, 0.3) is 0 Å². The van der Waals surface area contributed by atoms with Gasteiger partial charge in [0.05, 0.1) is 20.3 Å². The van der Waals surface area contributed by atoms with Crippen LogP contribution < -0.4 is 10.2 Å². The third-order valence-corrected chi connectivity index (χ3v) is 5.87. The van der Waals surface area contributed by atoms with E-state index in [2.05, 4.69) is 36.4 Å². The zero-order valence-corrected chi connectivity index (χ0v) is 20.2. The number of morpholine rings is 1. The molecule has 1 fully saturated rings. The van der Waals surface area contributed by atoms with Gasteiger partial charge in [0.15, 0.2) is 17.0 Å². The zero-order valence-electron chi connectivity index (χ0n) is 19.5. The molecule has 1 saturated heterocycles. The van der Waals surface area contributed by atoms with Gasteiger partial charge in [0.1, 0.15) is 5.82 Å². The number of rotatable bonds is 9. The highest BCUT2D eigenvalue weighted by Crippen LogP contribution is 2.27. The third kappa shape index (κ3) is 5.72. The average Bonchev–Trinajstić information content (AvgIpc) is 3.22. The summed E-state index contributed by atoms with van der Waals surface area (Å²) in [5.74, 6) is 1.37. The first-order valence-corrected chi connectivity index (χ1v) is 11.8. The van der Waals surface area contributed by atoms with Crippen molar-refractivity contribution >= 4 is 40.6 Å². The maximum atomic E-state index is 11.2. The molecule has 0 saturated carbocycles. The molecule has 0 spiro atoms. The van der Waals surface area contributed by atoms with Crippen LogP contribution in [0.4, 0.5) is 5.82 Å². The van der Waals surface area contributed by atoms with E-state index in [4.69, 9.17) is 21.3 Å². The molecule has 0 unspecified atom stereocenters. The van der Waals surface area contributed by atoms with Gasteiger partial charge in [-0.2, -0.15) is 9.97 Å². The second-order valence-corrected chi connectivity index (χ2v) is 8.22. The Bertz CT molecular complexity index is 1160. The first-order valence-electron chi connectivity index (χ1n) is 11.4. The number of esters is 1. The number of carbonyl (C=O) groups excluding carboxylic acids is 1. The van der Waals surface area contributed by atoms with Gasteiger partial charge in [0.2, 0.25) is 5.28 Å². The van der Waals surface area contributed by atoms with E-state index in [1.54, 1.807) is 6.08 Å². The summed E-state index contributed by atoms with van der Waals surface area (Å²) in [5, 5.41) is 3.71. The number of imidazole rings is 1. The highest BCUT2D eigenvalue weighted by Gasteiger charge is 2.22. The largest absolute Gasteiger partial charge is 0.466 e. The van der Waals surface area contributed by atoms with Crippen LogP contribution in [-0.2, 0) is 33.8 Å². The lowest BCUT2D eigenvalue weighted by Crippen LogP contribution is -2.37. The lowest BCUT2D eigenvalue weighted by molar-refractivity contribution is -0.134. The first-order chi connectivity index (χ1) is 16.6. The number of hydrogen-bond donors (Lipinski definition) is 1. The van der Waals surface area contributed by atoms with Crippen molar-refractivity contribution < 1.29 is 14.3 Å². The topological polar surface area (TPSA) is 94.4 Å². The normalized spacial score (nSPS) is 14.3. The smallest absolute Gasteiger partial charge is 0.330 e. The van der Waals surface area contributed by atoms with Crippen molar-refractivity contribution in [2.45, 2.75) is 26.4 Å². The molecule has 180 valence electrons. The van der Waals surface area contributed by atoms with Crippen molar-refractivity contribution in [3.63, 3.8) is 0 Å². The van der Waals surface area contributed by atoms with Crippen LogP contribution in [0.2, 0.25) is 5.28 Å². The molecule has 2 aromatic heterocycles. The van der Waals surface area contributed by atoms with Gasteiger partial charge < -0.3 is 24.3 Å². The Morgan fingerprint density at radius 3 is 2.68 bits per heavy atom. The molecule has 9 nitrogen and oxygen atoms in total. The van der Waals surface area contributed by atoms with E-state index >= 15 is 0 Å². The maximum absolute atomic E-state index is 11.2. The van der Waals surface area contributed by atoms with Crippen LogP contribution in [0.3, 0.4) is 0 Å². The van der Waals surface area contributed by atoms with Gasteiger partial charge in [-0.15, -0.1) is 0 Å². The van der Waals surface area contributed by atoms with Crippen LogP contribution in [-0.4, -0.2) is 65.4 Å². The number of anilines is 1. The summed E-state index contributed by atoms with van der Waals surface area (Å²) in [6.45, 7) is 7.18. The highest BCUT2D eigenvalue weighted by molar-refractivity contribution is 6.28. The monoisotopic (exact) mass is 484 g/mol. The SMILES string of the molecule is CCn1c(CCNCc2ccc(/C=C/C(=O)OC)cc2)nc2c(N3CCOCC3)nc(Cl)nc21. The molecule has 4 rings (SSSR count). The number of halogens is 1. The number of fused-ring (bicyclic) bond motifs is 1. The molecular weight excluding hydrogens is 456 g/mol. The number of benzene rings is 1. The number of methoxy groups -OCH3 is 1. The van der Waals surface area contributed by atoms with Crippen molar-refractivity contribution in [1.29, 1.82) is 0 Å². The van der Waals surface area contributed by atoms with Crippen molar-refractivity contribution in [3.05, 3.63) is 52.6 Å². The van der Waals surface area contributed by atoms with E-state index in [0.29, 0.717) is 13.2 Å². The van der Waals surface area contributed by atoms with Gasteiger partial charge in [-0.05, 0) is 35.7 Å². The predicted octanol–water partition coefficient (Wildman–Crippen LogP) is 2.85. The van der Waals surface area contributed by atoms with E-state index in [0.717, 1.165) is 73.1 Å². The predicted molar refractivity (Wildman–Crippen MR) is 132 cm³/mol. The van der Waals surface area contributed by atoms with Gasteiger partial charge >= 0.3 is 5.97 Å². The number of hydrogen-bond acceptors (Lipinski definition) is 8. The van der Waals surface area contributed by atoms with Crippen LogP contribution in [0.15, 0.2) is 30.3 Å². The molecule has 1 aliphatic heterocycles. The molecule has 0 amide bonds. The van der Waals surface area contributed by atoms with E-state index in [1.807, 2.05) is 24.3 Å². The molecule has 1 N–H and O–H groups in total. The number of carbonyl (C=O) groups is 1. The Hall–Kier alpha value is -3.01. The molecular formula is C24H29ClN6O3. The molecule has 10 heteroatoms. The standard InChI is InChI=1S/C24H29ClN6O3/c1-3-31-19(10-11-26-16-18-6-4-17(5-7-18)8-9-20(32)33-2)27-21-22(28-24(25)29-23(21)31)30-12-14-34-15-13-30/h4-9,26H,3,10-16H2,1-2H3/b9-8+. The quantitative estimate of drug-likeness (QED) is 0.214. The van der Waals surface area contributed by atoms with Crippen molar-refractivity contribution in [3.8, 4) is 0 Å². The maximum Gasteiger partial charge on any atom is 0.330 e. The number of aromatic nitrogens is 4. The molecule has 3 heterocycles. The van der Waals surface area contributed by atoms with Gasteiger partial charge in [0, 0.05) is 45.2 Å². The minimum atomic E-state index is -0.367. The Labute approximate surface area is 203 Å². The molecule has 34 heavy (non-hydrogen) atoms. The number of nitrogens with zero attached hydrogens (tertiary/aromatic N) is 5. The fourth-order valence-electron chi connectivity index (χ4n) is 3.94. The van der Waals surface area contributed by atoms with Crippen LogP contribution in [0.25, 0.3) is 17.2 Å². The molecule has 0 bridgehead atoms. The van der Waals surface area contributed by atoms with Crippen LogP contribution in [0, 0.1) is 0 Å². The molecule has 3 aromatic rings. The second-order valence-electron chi connectivity index (χ2n) is 7.89. The Kier molecular flexibility index (Phi) is 8.10. The van der Waals surface area contributed by atoms with Gasteiger partial charge in [-0.3, -0.25) is 0 Å². The minimum Gasteiger partial charge on any atom is -0.466 e. The third-order valence-electron chi connectivity index (χ3n) is 5.70. The Morgan fingerprint density at radius 1 is 1.21 bits per heavy atom. The summed E-state index contributed by atoms with van der Waals surface area (Å²) < 4.78 is 12.2. The minimum absolute atomic E-state index is 0.234. The summed E-state index contributed by atoms with van der Waals surface area (Å²) in [5.41, 5.74) is 3.67. The molecule has 0 aliphatic carbocycles. The van der Waals surface area contributed by atoms with Crippen molar-refractivity contribution in [1.82, 2.24) is 24.8 Å². The molecule has 1 aromatic carbocycles. The van der Waals surface area contributed by atoms with Crippen molar-refractivity contribution in [2.24, 2.45) is 0 Å². The highest BCUT2D eigenvalue weighted by atomic mass is 35.5. The van der Waals surface area contributed by atoms with Crippen LogP contribution in [0.5, 0.6) is 0 Å². The number of nitrogens with one attached hydrogen (secondary N) is 1. The fourth-order valence-corrected chi connectivity index (χ4v) is 4.10. The van der Waals surface area contributed by atoms with Gasteiger partial charge in [-0.1, -0.05) is 24.3 Å². The van der Waals surface area contributed by atoms with E-state index in [1.165, 1.54) is 13.2 Å². The zero-order chi connectivity index (χ0) is 23.9. The van der Waals surface area contributed by atoms with E-state index < -0.39 is 0 Å². The fraction of sp³-hybridized carbons (Fsp3) is 0.417. The summed E-state index contributed by atoms with van der Waals surface area (Å²) in [7, 11) is 1.36. The summed E-state index contributed by atoms with van der Waals surface area (Å²) >= 11 is 6.27. The number of aryl methyl sites for hydroxylation is 1. The lowest BCUT2D eigenvalue weighted by atomic mass is 10.1. The molecule has 1 aliphatic rings. The van der Waals surface area contributed by atoms with Crippen LogP contribution in [0.1, 0.15) is 23.9 Å². The number of ether oxygens (including phenoxy) is 2. The van der Waals surface area contributed by atoms with Crippen LogP contribution >= 0.6 is 11.6 Å². The average molecular weight is 485 g/mol. The summed E-state index contributed by atoms with van der Waals surface area (Å²) in [6.07, 6.45) is 3.90. The summed E-state index contributed by atoms with van der Waals surface area (Å²) in [4.78, 5) is 27.3. The van der Waals surface area contributed by atoms with Gasteiger partial charge in [-0.25, -0.2) is 9.78 Å². The first kappa shape index (κ1) is 24.1. The lowest BCUT2D eigenvalue weighted by Gasteiger charge is -2.27. The van der Waals surface area contributed by atoms with E-state index in [9.17, 15) is 4.79 Å². The van der Waals surface area contributed by atoms with E-state index in [-0.39, 0.29) is 11.3 Å². The molecule has 0 atom stereocenters. The second kappa shape index (κ2) is 11.4. The summed E-state index contributed by atoms with van der Waals surface area (Å²) in [6, 6.07) is 8.03. The van der Waals surface area contributed by atoms with Crippen molar-refractivity contribution in [2.75, 3.05) is 44.9 Å².